The zero-order valence-corrected chi connectivity index (χ0v) is 13.3. The Morgan fingerprint density at radius 2 is 2.10 bits per heavy atom. The Balaban J connectivity index is 2.79. The van der Waals surface area contributed by atoms with Gasteiger partial charge in [0.2, 0.25) is 0 Å². The molecule has 0 aliphatic heterocycles. The van der Waals surface area contributed by atoms with Gasteiger partial charge < -0.3 is 15.2 Å². The number of carbonyl (C=O) groups excluding carboxylic acids is 1. The van der Waals surface area contributed by atoms with E-state index in [2.05, 4.69) is 5.32 Å². The number of halogens is 1. The molecule has 0 heterocycles. The minimum Gasteiger partial charge on any atom is -0.480 e. The number of ether oxygens (including phenoxy) is 1. The summed E-state index contributed by atoms with van der Waals surface area (Å²) in [6.45, 7) is 6.58. The molecule has 0 aliphatic rings. The molecule has 0 fully saturated rings. The summed E-state index contributed by atoms with van der Waals surface area (Å²) in [6.07, 6.45) is -0.582. The zero-order chi connectivity index (χ0) is 16.2. The van der Waals surface area contributed by atoms with Crippen molar-refractivity contribution in [3.8, 4) is 5.75 Å². The number of aryl methyl sites for hydroxylation is 1. The van der Waals surface area contributed by atoms with Crippen LogP contribution in [0.4, 0.5) is 0 Å². The van der Waals surface area contributed by atoms with E-state index in [1.54, 1.807) is 26.0 Å². The maximum Gasteiger partial charge on any atom is 0.329 e. The lowest BCUT2D eigenvalue weighted by molar-refractivity contribution is -0.148. The Bertz CT molecular complexity index is 546. The number of benzene rings is 1. The highest BCUT2D eigenvalue weighted by atomic mass is 35.5. The Hall–Kier alpha value is -1.75. The van der Waals surface area contributed by atoms with E-state index in [0.29, 0.717) is 10.8 Å². The first-order chi connectivity index (χ1) is 9.69. The fourth-order valence-corrected chi connectivity index (χ4v) is 1.77. The monoisotopic (exact) mass is 313 g/mol. The van der Waals surface area contributed by atoms with Crippen LogP contribution in [0, 0.1) is 6.92 Å². The van der Waals surface area contributed by atoms with Crippen LogP contribution >= 0.6 is 11.6 Å². The molecule has 1 aromatic carbocycles. The van der Waals surface area contributed by atoms with E-state index in [4.69, 9.17) is 21.4 Å². The number of hydrogen-bond acceptors (Lipinski definition) is 3. The van der Waals surface area contributed by atoms with Crippen LogP contribution in [0.2, 0.25) is 5.02 Å². The second-order valence-electron chi connectivity index (χ2n) is 5.17. The van der Waals surface area contributed by atoms with Gasteiger partial charge in [0.15, 0.2) is 6.10 Å². The molecule has 0 spiro atoms. The molecule has 0 saturated carbocycles. The fourth-order valence-electron chi connectivity index (χ4n) is 1.61. The molecule has 2 N–H and O–H groups in total. The van der Waals surface area contributed by atoms with Crippen LogP contribution in [0.3, 0.4) is 0 Å². The number of carbonyl (C=O) groups is 2. The number of nitrogens with one attached hydrogen (secondary N) is 1. The van der Waals surface area contributed by atoms with Crippen molar-refractivity contribution in [1.29, 1.82) is 0 Å². The average molecular weight is 314 g/mol. The fraction of sp³-hybridized carbons (Fsp3) is 0.467. The van der Waals surface area contributed by atoms with Crippen molar-refractivity contribution in [2.75, 3.05) is 0 Å². The summed E-state index contributed by atoms with van der Waals surface area (Å²) in [4.78, 5) is 23.3. The van der Waals surface area contributed by atoms with Crippen LogP contribution in [0.1, 0.15) is 32.8 Å². The molecule has 21 heavy (non-hydrogen) atoms. The third kappa shape index (κ3) is 4.36. The van der Waals surface area contributed by atoms with Crippen LogP contribution in [0.15, 0.2) is 18.2 Å². The third-order valence-corrected chi connectivity index (χ3v) is 3.65. The summed E-state index contributed by atoms with van der Waals surface area (Å²) in [5.74, 6) is -1.19. The van der Waals surface area contributed by atoms with Gasteiger partial charge in [0.1, 0.15) is 11.3 Å². The molecule has 1 amide bonds. The molecule has 1 rings (SSSR count). The van der Waals surface area contributed by atoms with Crippen molar-refractivity contribution < 1.29 is 19.4 Å². The van der Waals surface area contributed by atoms with Crippen molar-refractivity contribution in [2.45, 2.75) is 45.8 Å². The van der Waals surface area contributed by atoms with Gasteiger partial charge in [-0.3, -0.25) is 4.79 Å². The van der Waals surface area contributed by atoms with Gasteiger partial charge in [0.25, 0.3) is 5.91 Å². The number of carboxylic acids is 1. The predicted molar refractivity (Wildman–Crippen MR) is 80.8 cm³/mol. The molecular formula is C15H20ClNO4. The first-order valence-corrected chi connectivity index (χ1v) is 7.05. The second-order valence-corrected chi connectivity index (χ2v) is 5.58. The number of carboxylic acid groups (broad SMARTS) is 1. The summed E-state index contributed by atoms with van der Waals surface area (Å²) in [5.41, 5.74) is -0.364. The van der Waals surface area contributed by atoms with Crippen molar-refractivity contribution in [2.24, 2.45) is 0 Å². The lowest BCUT2D eigenvalue weighted by Crippen LogP contribution is -2.54. The first-order valence-electron chi connectivity index (χ1n) is 6.68. The van der Waals surface area contributed by atoms with E-state index < -0.39 is 23.5 Å². The Morgan fingerprint density at radius 1 is 1.48 bits per heavy atom. The topological polar surface area (TPSA) is 75.6 Å². The summed E-state index contributed by atoms with van der Waals surface area (Å²) < 4.78 is 5.52. The number of amides is 1. The molecule has 0 bridgehead atoms. The minimum absolute atomic E-state index is 0.270. The molecule has 1 aromatic rings. The highest BCUT2D eigenvalue weighted by Gasteiger charge is 2.34. The normalized spacial score (nSPS) is 14.9. The van der Waals surface area contributed by atoms with Gasteiger partial charge >= 0.3 is 5.97 Å². The largest absolute Gasteiger partial charge is 0.480 e. The maximum absolute atomic E-state index is 12.1. The van der Waals surface area contributed by atoms with Crippen molar-refractivity contribution in [1.82, 2.24) is 5.32 Å². The SMILES string of the molecule is CCC(C)(NC(=O)C(C)Oc1cc(C)ccc1Cl)C(=O)O. The van der Waals surface area contributed by atoms with Crippen LogP contribution in [0.5, 0.6) is 5.75 Å². The van der Waals surface area contributed by atoms with Crippen molar-refractivity contribution >= 4 is 23.5 Å². The van der Waals surface area contributed by atoms with E-state index in [1.165, 1.54) is 6.92 Å². The van der Waals surface area contributed by atoms with Crippen LogP contribution in [0.25, 0.3) is 0 Å². The molecule has 0 saturated heterocycles. The molecule has 6 heteroatoms. The van der Waals surface area contributed by atoms with Gasteiger partial charge in [-0.1, -0.05) is 24.6 Å². The summed E-state index contributed by atoms with van der Waals surface area (Å²) in [5, 5.41) is 12.0. The van der Waals surface area contributed by atoms with Crippen molar-refractivity contribution in [3.63, 3.8) is 0 Å². The van der Waals surface area contributed by atoms with Gasteiger partial charge in [-0.25, -0.2) is 4.79 Å². The van der Waals surface area contributed by atoms with E-state index in [0.717, 1.165) is 5.56 Å². The Morgan fingerprint density at radius 3 is 2.62 bits per heavy atom. The molecule has 116 valence electrons. The van der Waals surface area contributed by atoms with Crippen molar-refractivity contribution in [3.05, 3.63) is 28.8 Å². The lowest BCUT2D eigenvalue weighted by atomic mass is 9.99. The van der Waals surface area contributed by atoms with Gasteiger partial charge in [0, 0.05) is 0 Å². The zero-order valence-electron chi connectivity index (χ0n) is 12.6. The highest BCUT2D eigenvalue weighted by molar-refractivity contribution is 6.32. The molecule has 0 aliphatic carbocycles. The first kappa shape index (κ1) is 17.3. The smallest absolute Gasteiger partial charge is 0.329 e. The summed E-state index contributed by atoms with van der Waals surface area (Å²) in [7, 11) is 0. The number of aliphatic carboxylic acids is 1. The predicted octanol–water partition coefficient (Wildman–Crippen LogP) is 2.79. The molecule has 0 aromatic heterocycles. The minimum atomic E-state index is -1.31. The molecular weight excluding hydrogens is 294 g/mol. The average Bonchev–Trinajstić information content (AvgIpc) is 2.42. The number of rotatable bonds is 6. The third-order valence-electron chi connectivity index (χ3n) is 3.34. The Labute approximate surface area is 129 Å². The molecule has 0 radical (unpaired) electrons. The summed E-state index contributed by atoms with van der Waals surface area (Å²) in [6, 6.07) is 5.24. The van der Waals surface area contributed by atoms with E-state index in [1.807, 2.05) is 13.0 Å². The highest BCUT2D eigenvalue weighted by Crippen LogP contribution is 2.26. The second kappa shape index (κ2) is 6.80. The van der Waals surface area contributed by atoms with Gasteiger partial charge in [-0.05, 0) is 44.9 Å². The molecule has 2 atom stereocenters. The molecule has 5 nitrogen and oxygen atoms in total. The van der Waals surface area contributed by atoms with E-state index >= 15 is 0 Å². The number of hydrogen-bond donors (Lipinski definition) is 2. The lowest BCUT2D eigenvalue weighted by Gasteiger charge is -2.26. The standard InChI is InChI=1S/C15H20ClNO4/c1-5-15(4,14(19)20)17-13(18)10(3)21-12-8-9(2)6-7-11(12)16/h6-8,10H,5H2,1-4H3,(H,17,18)(H,19,20). The van der Waals surface area contributed by atoms with Crippen LogP contribution in [-0.4, -0.2) is 28.6 Å². The Kier molecular flexibility index (Phi) is 5.61. The van der Waals surface area contributed by atoms with Crippen LogP contribution in [-0.2, 0) is 9.59 Å². The molecule has 2 unspecified atom stereocenters. The quantitative estimate of drug-likeness (QED) is 0.846. The van der Waals surface area contributed by atoms with Crippen LogP contribution < -0.4 is 10.1 Å². The summed E-state index contributed by atoms with van der Waals surface area (Å²) >= 11 is 6.00. The van der Waals surface area contributed by atoms with Gasteiger partial charge in [-0.15, -0.1) is 0 Å². The maximum atomic E-state index is 12.1. The van der Waals surface area contributed by atoms with Gasteiger partial charge in [0.05, 0.1) is 5.02 Å². The van der Waals surface area contributed by atoms with Gasteiger partial charge in [-0.2, -0.15) is 0 Å². The van der Waals surface area contributed by atoms with E-state index in [-0.39, 0.29) is 6.42 Å². The van der Waals surface area contributed by atoms with E-state index in [9.17, 15) is 9.59 Å².